The van der Waals surface area contributed by atoms with Gasteiger partial charge in [0.25, 0.3) is 0 Å². The van der Waals surface area contributed by atoms with Gasteiger partial charge in [-0.3, -0.25) is 0 Å². The molecule has 0 aliphatic heterocycles. The van der Waals surface area contributed by atoms with Gasteiger partial charge in [-0.1, -0.05) is 79.9 Å². The van der Waals surface area contributed by atoms with E-state index in [9.17, 15) is 19.1 Å². The van der Waals surface area contributed by atoms with Crippen molar-refractivity contribution in [3.63, 3.8) is 0 Å². The second-order valence-electron chi connectivity index (χ2n) is 9.76. The van der Waals surface area contributed by atoms with Crippen LogP contribution in [0.25, 0.3) is 11.1 Å². The number of alkyl carbamates (subject to hydrolysis) is 1. The summed E-state index contributed by atoms with van der Waals surface area (Å²) in [7, 11) is 0. The molecule has 2 aliphatic rings. The van der Waals surface area contributed by atoms with Gasteiger partial charge in [-0.15, -0.1) is 0 Å². The Morgan fingerprint density at radius 3 is 2.17 bits per heavy atom. The Hall–Kier alpha value is -3.67. The standard InChI is InChI=1S/C30H30FNO4/c31-27-16-19(14-15-21(27)20-8-2-1-3-9-20)17-28(29(33)34)32-30(35)36-18-26-24-12-6-4-10-22(24)23-11-5-7-13-25(23)26/h4-7,10-16,20,26,28H,1-3,8-9,17-18H2,(H,32,35)(H,33,34)/t28-/m0/s1. The number of carboxylic acids is 1. The number of nitrogens with one attached hydrogen (secondary N) is 1. The van der Waals surface area contributed by atoms with Crippen LogP contribution in [0.5, 0.6) is 0 Å². The Bertz CT molecular complexity index is 1220. The summed E-state index contributed by atoms with van der Waals surface area (Å²) in [5.41, 5.74) is 5.62. The zero-order valence-corrected chi connectivity index (χ0v) is 20.1. The predicted octanol–water partition coefficient (Wildman–Crippen LogP) is 6.41. The highest BCUT2D eigenvalue weighted by molar-refractivity contribution is 5.81. The van der Waals surface area contributed by atoms with Crippen molar-refractivity contribution in [1.82, 2.24) is 5.32 Å². The maximum Gasteiger partial charge on any atom is 0.407 e. The van der Waals surface area contributed by atoms with Crippen LogP contribution in [0.15, 0.2) is 66.7 Å². The lowest BCUT2D eigenvalue weighted by atomic mass is 9.83. The average molecular weight is 488 g/mol. The van der Waals surface area contributed by atoms with Crippen molar-refractivity contribution in [3.8, 4) is 11.1 Å². The first kappa shape index (κ1) is 24.0. The number of aliphatic carboxylic acids is 1. The molecule has 0 bridgehead atoms. The lowest BCUT2D eigenvalue weighted by molar-refractivity contribution is -0.139. The molecule has 3 aromatic carbocycles. The van der Waals surface area contributed by atoms with E-state index < -0.39 is 18.1 Å². The van der Waals surface area contributed by atoms with Crippen LogP contribution >= 0.6 is 0 Å². The van der Waals surface area contributed by atoms with Gasteiger partial charge in [0.05, 0.1) is 0 Å². The van der Waals surface area contributed by atoms with Crippen molar-refractivity contribution >= 4 is 12.1 Å². The molecule has 1 atom stereocenters. The highest BCUT2D eigenvalue weighted by Gasteiger charge is 2.30. The molecule has 0 aromatic heterocycles. The number of halogens is 1. The van der Waals surface area contributed by atoms with Crippen LogP contribution in [-0.2, 0) is 16.0 Å². The third-order valence-corrected chi connectivity index (χ3v) is 7.48. The largest absolute Gasteiger partial charge is 0.480 e. The molecule has 5 nitrogen and oxygen atoms in total. The fourth-order valence-corrected chi connectivity index (χ4v) is 5.66. The number of carbonyl (C=O) groups is 2. The average Bonchev–Trinajstić information content (AvgIpc) is 3.21. The zero-order valence-electron chi connectivity index (χ0n) is 20.1. The van der Waals surface area contributed by atoms with Crippen molar-refractivity contribution in [2.75, 3.05) is 6.61 Å². The number of carbonyl (C=O) groups excluding carboxylic acids is 1. The highest BCUT2D eigenvalue weighted by atomic mass is 19.1. The molecule has 1 saturated carbocycles. The second-order valence-corrected chi connectivity index (χ2v) is 9.76. The van der Waals surface area contributed by atoms with Gasteiger partial charge in [-0.05, 0) is 58.2 Å². The quantitative estimate of drug-likeness (QED) is 0.404. The molecule has 3 aromatic rings. The van der Waals surface area contributed by atoms with Gasteiger partial charge in [0, 0.05) is 12.3 Å². The lowest BCUT2D eigenvalue weighted by Gasteiger charge is -2.23. The molecule has 0 unspecified atom stereocenters. The lowest BCUT2D eigenvalue weighted by Crippen LogP contribution is -2.43. The van der Waals surface area contributed by atoms with Gasteiger partial charge in [0.2, 0.25) is 0 Å². The van der Waals surface area contributed by atoms with Crippen molar-refractivity contribution in [2.24, 2.45) is 0 Å². The van der Waals surface area contributed by atoms with Crippen LogP contribution in [0.1, 0.15) is 66.2 Å². The van der Waals surface area contributed by atoms with E-state index in [4.69, 9.17) is 4.74 Å². The molecule has 186 valence electrons. The summed E-state index contributed by atoms with van der Waals surface area (Å²) >= 11 is 0. The third-order valence-electron chi connectivity index (χ3n) is 7.48. The first-order valence-electron chi connectivity index (χ1n) is 12.6. The molecule has 2 aliphatic carbocycles. The zero-order chi connectivity index (χ0) is 25.1. The van der Waals surface area contributed by atoms with Gasteiger partial charge < -0.3 is 15.2 Å². The van der Waals surface area contributed by atoms with E-state index in [0.717, 1.165) is 47.9 Å². The summed E-state index contributed by atoms with van der Waals surface area (Å²) in [4.78, 5) is 24.4. The number of benzene rings is 3. The van der Waals surface area contributed by atoms with Gasteiger partial charge >= 0.3 is 12.1 Å². The summed E-state index contributed by atoms with van der Waals surface area (Å²) in [6.07, 6.45) is 4.55. The maximum absolute atomic E-state index is 14.8. The summed E-state index contributed by atoms with van der Waals surface area (Å²) in [5.74, 6) is -1.39. The van der Waals surface area contributed by atoms with Crippen molar-refractivity contribution in [3.05, 3.63) is 94.8 Å². The number of rotatable bonds is 7. The normalized spacial score (nSPS) is 16.1. The maximum atomic E-state index is 14.8. The van der Waals surface area contributed by atoms with Crippen LogP contribution < -0.4 is 5.32 Å². The molecular formula is C30H30FNO4. The Balaban J connectivity index is 1.22. The Labute approximate surface area is 210 Å². The van der Waals surface area contributed by atoms with Crippen molar-refractivity contribution in [1.29, 1.82) is 0 Å². The number of carboxylic acid groups (broad SMARTS) is 1. The van der Waals surface area contributed by atoms with E-state index in [-0.39, 0.29) is 30.7 Å². The SMILES string of the molecule is O=C(N[C@@H](Cc1ccc(C2CCCCC2)c(F)c1)C(=O)O)OCC1c2ccccc2-c2ccccc21. The summed E-state index contributed by atoms with van der Waals surface area (Å²) in [6.45, 7) is 0.0942. The minimum Gasteiger partial charge on any atom is -0.480 e. The molecule has 0 radical (unpaired) electrons. The first-order chi connectivity index (χ1) is 17.5. The van der Waals surface area contributed by atoms with E-state index in [0.29, 0.717) is 11.1 Å². The number of hydrogen-bond donors (Lipinski definition) is 2. The third kappa shape index (κ3) is 4.99. The molecule has 0 heterocycles. The van der Waals surface area contributed by atoms with Crippen LogP contribution in [-0.4, -0.2) is 29.8 Å². The molecule has 2 N–H and O–H groups in total. The summed E-state index contributed by atoms with van der Waals surface area (Å²) in [5, 5.41) is 12.1. The van der Waals surface area contributed by atoms with Gasteiger partial charge in [0.1, 0.15) is 18.5 Å². The topological polar surface area (TPSA) is 75.6 Å². The van der Waals surface area contributed by atoms with E-state index in [1.54, 1.807) is 12.1 Å². The smallest absolute Gasteiger partial charge is 0.407 e. The van der Waals surface area contributed by atoms with Gasteiger partial charge in [0.15, 0.2) is 0 Å². The molecule has 6 heteroatoms. The monoisotopic (exact) mass is 487 g/mol. The van der Waals surface area contributed by atoms with E-state index in [1.165, 1.54) is 12.5 Å². The molecule has 1 amide bonds. The summed E-state index contributed by atoms with van der Waals surface area (Å²) < 4.78 is 20.3. The van der Waals surface area contributed by atoms with E-state index >= 15 is 0 Å². The number of ether oxygens (including phenoxy) is 1. The number of amides is 1. The highest BCUT2D eigenvalue weighted by Crippen LogP contribution is 2.44. The van der Waals surface area contributed by atoms with Gasteiger partial charge in [-0.2, -0.15) is 0 Å². The molecule has 5 rings (SSSR count). The predicted molar refractivity (Wildman–Crippen MR) is 136 cm³/mol. The molecule has 1 fully saturated rings. The van der Waals surface area contributed by atoms with E-state index in [1.807, 2.05) is 48.5 Å². The van der Waals surface area contributed by atoms with Crippen LogP contribution in [0.4, 0.5) is 9.18 Å². The number of hydrogen-bond acceptors (Lipinski definition) is 3. The molecule has 0 saturated heterocycles. The Kier molecular flexibility index (Phi) is 7.03. The minimum absolute atomic E-state index is 0.0264. The molecule has 0 spiro atoms. The number of fused-ring (bicyclic) bond motifs is 3. The summed E-state index contributed by atoms with van der Waals surface area (Å²) in [6, 6.07) is 19.7. The Morgan fingerprint density at radius 1 is 0.917 bits per heavy atom. The van der Waals surface area contributed by atoms with Crippen LogP contribution in [0, 0.1) is 5.82 Å². The fraction of sp³-hybridized carbons (Fsp3) is 0.333. The molecular weight excluding hydrogens is 457 g/mol. The second kappa shape index (κ2) is 10.5. The Morgan fingerprint density at radius 2 is 1.56 bits per heavy atom. The van der Waals surface area contributed by atoms with Crippen molar-refractivity contribution < 1.29 is 23.8 Å². The minimum atomic E-state index is -1.22. The van der Waals surface area contributed by atoms with E-state index in [2.05, 4.69) is 5.32 Å². The van der Waals surface area contributed by atoms with Gasteiger partial charge in [-0.25, -0.2) is 14.0 Å². The van der Waals surface area contributed by atoms with Crippen LogP contribution in [0.3, 0.4) is 0 Å². The van der Waals surface area contributed by atoms with Crippen LogP contribution in [0.2, 0.25) is 0 Å². The first-order valence-corrected chi connectivity index (χ1v) is 12.6. The fourth-order valence-electron chi connectivity index (χ4n) is 5.66. The molecule has 36 heavy (non-hydrogen) atoms. The van der Waals surface area contributed by atoms with Crippen molar-refractivity contribution in [2.45, 2.75) is 56.4 Å².